The molecule has 52 heavy (non-hydrogen) atoms. The number of carbonyl (C=O) groups excluding carboxylic acids is 4. The predicted molar refractivity (Wildman–Crippen MR) is 187 cm³/mol. The van der Waals surface area contributed by atoms with Crippen molar-refractivity contribution in [3.8, 4) is 5.75 Å². The van der Waals surface area contributed by atoms with Crippen molar-refractivity contribution in [2.45, 2.75) is 56.5 Å². The lowest BCUT2D eigenvalue weighted by atomic mass is 9.77. The lowest BCUT2D eigenvalue weighted by Gasteiger charge is -2.45. The second kappa shape index (κ2) is 12.4. The van der Waals surface area contributed by atoms with E-state index < -0.39 is 51.9 Å². The highest BCUT2D eigenvalue weighted by Gasteiger charge is 2.40. The molecule has 1 unspecified atom stereocenters. The number of aromatic nitrogens is 2. The minimum absolute atomic E-state index is 0.0158. The van der Waals surface area contributed by atoms with Crippen molar-refractivity contribution >= 4 is 67.0 Å². The van der Waals surface area contributed by atoms with E-state index in [9.17, 15) is 37.5 Å². The molecule has 4 heterocycles. The lowest BCUT2D eigenvalue weighted by Crippen LogP contribution is -2.50. The number of fused-ring (bicyclic) bond motifs is 2. The number of nitrogens with zero attached hydrogens (tertiary/aromatic N) is 4. The van der Waals surface area contributed by atoms with Gasteiger partial charge in [-0.1, -0.05) is 6.07 Å². The van der Waals surface area contributed by atoms with E-state index in [-0.39, 0.29) is 53.1 Å². The maximum atomic E-state index is 15.4. The molecule has 4 N–H and O–H groups in total. The molecule has 3 aromatic carbocycles. The van der Waals surface area contributed by atoms with Gasteiger partial charge in [0.2, 0.25) is 17.7 Å². The summed E-state index contributed by atoms with van der Waals surface area (Å²) in [5, 5.41) is 16.0. The van der Waals surface area contributed by atoms with Gasteiger partial charge >= 0.3 is 15.9 Å². The Hall–Kier alpha value is -5.29. The van der Waals surface area contributed by atoms with Crippen LogP contribution in [0.25, 0.3) is 21.8 Å². The first-order valence-electron chi connectivity index (χ1n) is 17.2. The number of benzene rings is 3. The molecule has 17 heteroatoms. The first-order chi connectivity index (χ1) is 24.8. The number of hydrogen-bond donors (Lipinski definition) is 4. The fourth-order valence-electron chi connectivity index (χ4n) is 8.10. The van der Waals surface area contributed by atoms with E-state index in [2.05, 4.69) is 15.5 Å². The van der Waals surface area contributed by atoms with Crippen LogP contribution in [0, 0.1) is 11.7 Å². The number of piperidine rings is 2. The molecule has 4 aliphatic rings. The summed E-state index contributed by atoms with van der Waals surface area (Å²) < 4.78 is 45.2. The summed E-state index contributed by atoms with van der Waals surface area (Å²) in [6.07, 6.45) is 3.69. The van der Waals surface area contributed by atoms with Crippen LogP contribution in [0.5, 0.6) is 5.75 Å². The number of aryl methyl sites for hydroxylation is 1. The van der Waals surface area contributed by atoms with Crippen molar-refractivity contribution in [2.24, 2.45) is 13.0 Å². The molecule has 1 aliphatic carbocycles. The number of anilines is 2. The van der Waals surface area contributed by atoms with Crippen LogP contribution in [0.3, 0.4) is 0 Å². The fourth-order valence-corrected chi connectivity index (χ4v) is 9.27. The zero-order chi connectivity index (χ0) is 36.6. The third-order valence-electron chi connectivity index (χ3n) is 11.0. The van der Waals surface area contributed by atoms with Gasteiger partial charge in [-0.15, -0.1) is 0 Å². The smallest absolute Gasteiger partial charge is 0.329 e. The predicted octanol–water partition coefficient (Wildman–Crippen LogP) is 2.09. The normalized spacial score (nSPS) is 23.8. The first kappa shape index (κ1) is 33.8. The van der Waals surface area contributed by atoms with Crippen LogP contribution in [0.1, 0.15) is 56.0 Å². The van der Waals surface area contributed by atoms with Gasteiger partial charge in [0.05, 0.1) is 11.0 Å². The van der Waals surface area contributed by atoms with Crippen molar-refractivity contribution in [1.82, 2.24) is 24.1 Å². The Morgan fingerprint density at radius 1 is 0.962 bits per heavy atom. The number of amides is 4. The highest BCUT2D eigenvalue weighted by Crippen LogP contribution is 2.40. The zero-order valence-electron chi connectivity index (χ0n) is 28.1. The molecule has 4 amide bonds. The number of phenols is 1. The molecule has 1 aromatic heterocycles. The second-order valence-corrected chi connectivity index (χ2v) is 15.7. The third-order valence-corrected chi connectivity index (χ3v) is 12.4. The molecule has 1 saturated carbocycles. The topological polar surface area (TPSA) is 192 Å². The molecule has 15 nitrogen and oxygen atoms in total. The Bertz CT molecular complexity index is 2380. The molecule has 0 bridgehead atoms. The van der Waals surface area contributed by atoms with Gasteiger partial charge in [-0.3, -0.25) is 33.6 Å². The van der Waals surface area contributed by atoms with Crippen molar-refractivity contribution in [2.75, 3.05) is 29.3 Å². The van der Waals surface area contributed by atoms with E-state index >= 15 is 4.39 Å². The Morgan fingerprint density at radius 3 is 2.40 bits per heavy atom. The number of likely N-dealkylation sites (tertiary alicyclic amines) is 1. The summed E-state index contributed by atoms with van der Waals surface area (Å²) in [6, 6.07) is 11.1. The van der Waals surface area contributed by atoms with E-state index in [1.165, 1.54) is 28.8 Å². The fraction of sp³-hybridized carbons (Fsp3) is 0.400. The SMILES string of the molecule is Cn1c(=O)n(C2CCC(=O)NC2=O)c2ccc(C3CCN(C4CC(C(=O)Nc5ccc6c(F)c(N7CC(=O)NS7(=O)=O)c(O)cc6c5)C4)CC3)cc21. The van der Waals surface area contributed by atoms with Crippen molar-refractivity contribution < 1.29 is 37.1 Å². The summed E-state index contributed by atoms with van der Waals surface area (Å²) in [7, 11) is -2.64. The average Bonchev–Trinajstić information content (AvgIpc) is 3.49. The van der Waals surface area contributed by atoms with Gasteiger partial charge in [0.15, 0.2) is 5.82 Å². The number of halogens is 1. The highest BCUT2D eigenvalue weighted by molar-refractivity contribution is 7.92. The minimum Gasteiger partial charge on any atom is -0.506 e. The Kier molecular flexibility index (Phi) is 8.09. The number of carbonyl (C=O) groups is 4. The molecule has 8 rings (SSSR count). The summed E-state index contributed by atoms with van der Waals surface area (Å²) in [6.45, 7) is 1.07. The standard InChI is InChI=1S/C35H36FN7O8S/c1-40-27-15-19(2-5-25(27)43(35(40)49)26-6-7-29(45)38-34(26)48)18-8-10-41(11-9-18)23-13-21(14-23)33(47)37-22-3-4-24-20(12-22)16-28(44)32(31(24)36)42-17-30(46)39-52(42,50)51/h2-5,12,15-16,18,21,23,26,44H,6-11,13-14,17H2,1H3,(H,37,47)(H,39,46)(H,38,45,48). The molecular weight excluding hydrogens is 697 g/mol. The molecule has 4 aromatic rings. The Labute approximate surface area is 296 Å². The molecular formula is C35H36FN7O8S. The minimum atomic E-state index is -4.33. The van der Waals surface area contributed by atoms with Gasteiger partial charge in [0, 0.05) is 36.5 Å². The molecule has 1 atom stereocenters. The van der Waals surface area contributed by atoms with E-state index in [1.54, 1.807) is 16.3 Å². The maximum Gasteiger partial charge on any atom is 0.329 e. The van der Waals surface area contributed by atoms with Gasteiger partial charge in [0.1, 0.15) is 24.0 Å². The van der Waals surface area contributed by atoms with Crippen LogP contribution in [0.15, 0.2) is 47.3 Å². The number of rotatable bonds is 6. The number of hydrogen-bond acceptors (Lipinski definition) is 9. The average molecular weight is 734 g/mol. The summed E-state index contributed by atoms with van der Waals surface area (Å²) in [4.78, 5) is 64.5. The Morgan fingerprint density at radius 2 is 1.71 bits per heavy atom. The van der Waals surface area contributed by atoms with Gasteiger partial charge in [0.25, 0.3) is 5.91 Å². The lowest BCUT2D eigenvalue weighted by molar-refractivity contribution is -0.135. The highest BCUT2D eigenvalue weighted by atomic mass is 32.2. The van der Waals surface area contributed by atoms with Gasteiger partial charge < -0.3 is 15.3 Å². The number of imide groups is 1. The van der Waals surface area contributed by atoms with Crippen molar-refractivity contribution in [3.05, 3.63) is 64.3 Å². The molecule has 4 fully saturated rings. The van der Waals surface area contributed by atoms with E-state index in [4.69, 9.17) is 0 Å². The molecule has 3 aliphatic heterocycles. The quantitative estimate of drug-likeness (QED) is 0.215. The number of aromatic hydroxyl groups is 1. The van der Waals surface area contributed by atoms with E-state index in [0.717, 1.165) is 37.0 Å². The van der Waals surface area contributed by atoms with Crippen LogP contribution in [-0.2, 0) is 36.4 Å². The monoisotopic (exact) mass is 733 g/mol. The summed E-state index contributed by atoms with van der Waals surface area (Å²) >= 11 is 0. The molecule has 3 saturated heterocycles. The summed E-state index contributed by atoms with van der Waals surface area (Å²) in [5.74, 6) is -3.37. The zero-order valence-corrected chi connectivity index (χ0v) is 28.9. The molecule has 0 radical (unpaired) electrons. The van der Waals surface area contributed by atoms with Crippen LogP contribution in [0.2, 0.25) is 0 Å². The van der Waals surface area contributed by atoms with Crippen molar-refractivity contribution in [1.29, 1.82) is 0 Å². The van der Waals surface area contributed by atoms with Crippen LogP contribution < -0.4 is 25.4 Å². The third kappa shape index (κ3) is 5.67. The van der Waals surface area contributed by atoms with Gasteiger partial charge in [-0.2, -0.15) is 8.42 Å². The maximum absolute atomic E-state index is 15.4. The number of imidazole rings is 1. The second-order valence-electron chi connectivity index (χ2n) is 14.1. The van der Waals surface area contributed by atoms with Crippen LogP contribution in [0.4, 0.5) is 15.8 Å². The molecule has 0 spiro atoms. The molecule has 272 valence electrons. The van der Waals surface area contributed by atoms with Crippen molar-refractivity contribution in [3.63, 3.8) is 0 Å². The van der Waals surface area contributed by atoms with Gasteiger partial charge in [-0.25, -0.2) is 18.2 Å². The Balaban J connectivity index is 0.875. The van der Waals surface area contributed by atoms with Gasteiger partial charge in [-0.05, 0) is 98.5 Å². The largest absolute Gasteiger partial charge is 0.506 e. The van der Waals surface area contributed by atoms with Crippen LogP contribution in [-0.4, -0.2) is 76.9 Å². The van der Waals surface area contributed by atoms with E-state index in [0.29, 0.717) is 34.3 Å². The summed E-state index contributed by atoms with van der Waals surface area (Å²) in [5.41, 5.74) is 2.02. The van der Waals surface area contributed by atoms with E-state index in [1.807, 2.05) is 18.2 Å². The number of phenolic OH excluding ortho intramolecular Hbond substituents is 1. The first-order valence-corrected chi connectivity index (χ1v) is 18.6. The number of nitrogens with one attached hydrogen (secondary N) is 3. The van der Waals surface area contributed by atoms with Crippen LogP contribution >= 0.6 is 0 Å².